The van der Waals surface area contributed by atoms with Crippen LogP contribution in [0.5, 0.6) is 0 Å². The van der Waals surface area contributed by atoms with Gasteiger partial charge >= 0.3 is 0 Å². The Morgan fingerprint density at radius 1 is 0.727 bits per heavy atom. The fourth-order valence-electron chi connectivity index (χ4n) is 0.671. The zero-order chi connectivity index (χ0) is 5.70. The number of hydrogen-bond acceptors (Lipinski definition) is 1. The van der Waals surface area contributed by atoms with Gasteiger partial charge in [0.15, 0.2) is 0 Å². The van der Waals surface area contributed by atoms with E-state index in [9.17, 15) is 0 Å². The molecule has 0 bridgehead atoms. The van der Waals surface area contributed by atoms with Crippen LogP contribution in [0.25, 0.3) is 0 Å². The van der Waals surface area contributed by atoms with Crippen molar-refractivity contribution >= 4 is 25.8 Å². The van der Waals surface area contributed by atoms with E-state index in [0.29, 0.717) is 0 Å². The molecule has 0 aromatic heterocycles. The smallest absolute Gasteiger partial charge is 0 e. The van der Waals surface area contributed by atoms with Crippen LogP contribution in [0.1, 0.15) is 43.1 Å². The second-order valence-electron chi connectivity index (χ2n) is 1.62. The maximum Gasteiger partial charge on any atom is 0 e. The van der Waals surface area contributed by atoms with Gasteiger partial charge in [0.05, 0.1) is 0 Å². The van der Waals surface area contributed by atoms with Gasteiger partial charge in [-0.15, -0.1) is 0 Å². The molecule has 0 amide bonds. The second kappa shape index (κ2) is 22.4. The van der Waals surface area contributed by atoms with E-state index in [4.69, 9.17) is 0 Å². The van der Waals surface area contributed by atoms with Crippen LogP contribution in [0.4, 0.5) is 0 Å². The minimum Gasteiger partial charge on any atom is -0.304 e. The van der Waals surface area contributed by atoms with E-state index in [-0.39, 0.29) is 48.1 Å². The van der Waals surface area contributed by atoms with Crippen LogP contribution in [-0.4, -0.2) is 50.4 Å². The van der Waals surface area contributed by atoms with Gasteiger partial charge in [-0.1, -0.05) is 43.1 Å². The third-order valence-electron chi connectivity index (χ3n) is 1.34. The number of rotatable bonds is 3. The molecule has 0 spiro atoms. The molecule has 0 aliphatic rings. The van der Waals surface area contributed by atoms with Gasteiger partial charge in [-0.2, -0.15) is 0 Å². The Balaban J connectivity index is -0.0000000300. The molecule has 0 aliphatic heterocycles. The Labute approximate surface area is 93.3 Å². The molecule has 0 saturated carbocycles. The molecule has 0 aromatic carbocycles. The zero-order valence-corrected chi connectivity index (χ0v) is 9.44. The molecule has 71 valence electrons. The van der Waals surface area contributed by atoms with E-state index in [1.807, 2.05) is 0 Å². The van der Waals surface area contributed by atoms with Crippen LogP contribution >= 0.6 is 0 Å². The molecular weight excluding hydrogens is 237 g/mol. The van der Waals surface area contributed by atoms with E-state index in [2.05, 4.69) is 25.7 Å². The van der Waals surface area contributed by atoms with Gasteiger partial charge in [0, 0.05) is 25.8 Å². The fourth-order valence-corrected chi connectivity index (χ4v) is 0.671. The molecule has 0 unspecified atom stereocenters. The maximum absolute atomic E-state index is 2.38. The second-order valence-corrected chi connectivity index (χ2v) is 1.62. The molecule has 0 rings (SSSR count). The van der Waals surface area contributed by atoms with Crippen molar-refractivity contribution in [2.45, 2.75) is 43.1 Å². The summed E-state index contributed by atoms with van der Waals surface area (Å²) in [7, 11) is 0. The van der Waals surface area contributed by atoms with Crippen LogP contribution in [-0.2, 0) is 0 Å². The summed E-state index contributed by atoms with van der Waals surface area (Å²) in [5, 5.41) is 0. The zero-order valence-electron chi connectivity index (χ0n) is 6.15. The Morgan fingerprint density at radius 2 is 0.909 bits per heavy atom. The Morgan fingerprint density at radius 3 is 0.909 bits per heavy atom. The van der Waals surface area contributed by atoms with Gasteiger partial charge in [0.2, 0.25) is 0 Å². The minimum absolute atomic E-state index is 0. The number of nitrogens with zero attached hydrogens (tertiary/aromatic N) is 1. The monoisotopic (exact) mass is 264 g/mol. The van der Waals surface area contributed by atoms with Gasteiger partial charge in [-0.05, 0) is 19.6 Å². The topological polar surface area (TPSA) is 3.24 Å². The summed E-state index contributed by atoms with van der Waals surface area (Å²) in [5.41, 5.74) is 0. The van der Waals surface area contributed by atoms with E-state index >= 15 is 0 Å². The molecule has 0 heterocycles. The van der Waals surface area contributed by atoms with E-state index in [0.717, 1.165) is 0 Å². The normalized spacial score (nSPS) is 6.55. The summed E-state index contributed by atoms with van der Waals surface area (Å²) in [6.45, 7) is 10.1. The van der Waals surface area contributed by atoms with Crippen molar-refractivity contribution in [3.05, 3.63) is 0 Å². The summed E-state index contributed by atoms with van der Waals surface area (Å²) in [5.74, 6) is 0. The van der Waals surface area contributed by atoms with Gasteiger partial charge in [0.1, 0.15) is 0 Å². The first kappa shape index (κ1) is 29.7. The predicted octanol–water partition coefficient (Wildman–Crippen LogP) is 2.88. The molecule has 0 saturated heterocycles. The minimum atomic E-state index is 0. The van der Waals surface area contributed by atoms with Gasteiger partial charge in [0.25, 0.3) is 0 Å². The van der Waals surface area contributed by atoms with Crippen LogP contribution < -0.4 is 0 Å². The van der Waals surface area contributed by atoms with Crippen molar-refractivity contribution in [1.29, 1.82) is 0 Å². The quantitative estimate of drug-likeness (QED) is 0.757. The van der Waals surface area contributed by atoms with Crippen LogP contribution in [0.3, 0.4) is 0 Å². The standard InChI is InChI=1S/C6H15N.3CH4.In/c1-4-7(5-2)6-3;;;;/h4-6H2,1-3H3;3*1H4;. The van der Waals surface area contributed by atoms with Crippen molar-refractivity contribution in [2.75, 3.05) is 19.6 Å². The molecule has 0 N–H and O–H groups in total. The van der Waals surface area contributed by atoms with Gasteiger partial charge in [-0.3, -0.25) is 0 Å². The van der Waals surface area contributed by atoms with Crippen molar-refractivity contribution in [1.82, 2.24) is 4.90 Å². The molecule has 0 fully saturated rings. The molecule has 3 radical (unpaired) electrons. The molecule has 2 heteroatoms. The molecular formula is C9H27InN. The Bertz CT molecular complexity index is 31.0. The molecule has 0 aliphatic carbocycles. The average molecular weight is 264 g/mol. The molecule has 1 nitrogen and oxygen atoms in total. The third-order valence-corrected chi connectivity index (χ3v) is 1.34. The van der Waals surface area contributed by atoms with Crippen molar-refractivity contribution in [3.63, 3.8) is 0 Å². The fraction of sp³-hybridized carbons (Fsp3) is 1.00. The molecule has 11 heavy (non-hydrogen) atoms. The van der Waals surface area contributed by atoms with Crippen LogP contribution in [0, 0.1) is 0 Å². The van der Waals surface area contributed by atoms with Gasteiger partial charge < -0.3 is 4.90 Å². The van der Waals surface area contributed by atoms with Crippen molar-refractivity contribution in [3.8, 4) is 0 Å². The van der Waals surface area contributed by atoms with Gasteiger partial charge in [-0.25, -0.2) is 0 Å². The van der Waals surface area contributed by atoms with E-state index in [1.54, 1.807) is 0 Å². The molecule has 0 aromatic rings. The van der Waals surface area contributed by atoms with E-state index in [1.165, 1.54) is 19.6 Å². The first-order chi connectivity index (χ1) is 3.35. The van der Waals surface area contributed by atoms with Crippen LogP contribution in [0.2, 0.25) is 0 Å². The summed E-state index contributed by atoms with van der Waals surface area (Å²) in [6, 6.07) is 0. The summed E-state index contributed by atoms with van der Waals surface area (Å²) < 4.78 is 0. The van der Waals surface area contributed by atoms with Crippen molar-refractivity contribution in [2.24, 2.45) is 0 Å². The average Bonchev–Trinajstić information content (AvgIpc) is 1.72. The third kappa shape index (κ3) is 18.1. The maximum atomic E-state index is 2.38. The van der Waals surface area contributed by atoms with E-state index < -0.39 is 0 Å². The molecule has 0 atom stereocenters. The predicted molar refractivity (Wildman–Crippen MR) is 59.4 cm³/mol. The Kier molecular flexibility index (Phi) is 60.7. The largest absolute Gasteiger partial charge is 0.304 e. The summed E-state index contributed by atoms with van der Waals surface area (Å²) in [6.07, 6.45) is 0. The summed E-state index contributed by atoms with van der Waals surface area (Å²) in [4.78, 5) is 2.38. The van der Waals surface area contributed by atoms with Crippen molar-refractivity contribution < 1.29 is 0 Å². The van der Waals surface area contributed by atoms with Crippen LogP contribution in [0.15, 0.2) is 0 Å². The first-order valence-corrected chi connectivity index (χ1v) is 3.07. The Hall–Kier alpha value is 0.830. The SMILES string of the molecule is C.C.C.CCN(CC)CC.[In]. The number of hydrogen-bond donors (Lipinski definition) is 0. The first-order valence-electron chi connectivity index (χ1n) is 3.07. The summed E-state index contributed by atoms with van der Waals surface area (Å²) >= 11 is 0.